The number of aromatic nitrogens is 1. The molecule has 32 heavy (non-hydrogen) atoms. The first-order valence-electron chi connectivity index (χ1n) is 11.1. The van der Waals surface area contributed by atoms with Crippen molar-refractivity contribution in [3.8, 4) is 0 Å². The number of hydrogen-bond donors (Lipinski definition) is 0. The number of para-hydroxylation sites is 2. The molecule has 0 fully saturated rings. The molecule has 0 spiro atoms. The molecule has 1 aromatic heterocycles. The van der Waals surface area contributed by atoms with Gasteiger partial charge in [0, 0.05) is 23.8 Å². The number of carbonyl (C=O) groups excluding carboxylic acids is 2. The highest BCUT2D eigenvalue weighted by Crippen LogP contribution is 2.39. The predicted octanol–water partition coefficient (Wildman–Crippen LogP) is 5.21. The summed E-state index contributed by atoms with van der Waals surface area (Å²) >= 11 is 0. The van der Waals surface area contributed by atoms with Gasteiger partial charge in [-0.05, 0) is 54.4 Å². The van der Waals surface area contributed by atoms with E-state index < -0.39 is 5.97 Å². The minimum atomic E-state index is -0.454. The molecule has 5 nitrogen and oxygen atoms in total. The summed E-state index contributed by atoms with van der Waals surface area (Å²) in [6, 6.07) is 17.0. The molecule has 1 heterocycles. The molecule has 0 radical (unpaired) electrons. The highest BCUT2D eigenvalue weighted by atomic mass is 16.5. The van der Waals surface area contributed by atoms with Crippen molar-refractivity contribution in [1.82, 2.24) is 4.98 Å². The Kier molecular flexibility index (Phi) is 6.00. The highest BCUT2D eigenvalue weighted by Gasteiger charge is 2.33. The van der Waals surface area contributed by atoms with Gasteiger partial charge < -0.3 is 9.64 Å². The van der Waals surface area contributed by atoms with Crippen molar-refractivity contribution in [3.05, 3.63) is 71.4 Å². The summed E-state index contributed by atoms with van der Waals surface area (Å²) in [5.74, 6) is -0.274. The molecular formula is C27H30N2O3. The van der Waals surface area contributed by atoms with Gasteiger partial charge in [-0.1, -0.05) is 57.2 Å². The van der Waals surface area contributed by atoms with Crippen LogP contribution in [0.3, 0.4) is 0 Å². The van der Waals surface area contributed by atoms with Crippen LogP contribution in [0.15, 0.2) is 54.6 Å². The molecule has 2 aromatic carbocycles. The molecule has 166 valence electrons. The van der Waals surface area contributed by atoms with Gasteiger partial charge in [-0.25, -0.2) is 4.79 Å². The van der Waals surface area contributed by atoms with E-state index in [4.69, 9.17) is 9.72 Å². The number of hydrogen-bond acceptors (Lipinski definition) is 4. The van der Waals surface area contributed by atoms with E-state index in [0.29, 0.717) is 11.5 Å². The van der Waals surface area contributed by atoms with Gasteiger partial charge in [0.15, 0.2) is 6.61 Å². The number of ether oxygens (including phenoxy) is 1. The number of pyridine rings is 1. The van der Waals surface area contributed by atoms with Gasteiger partial charge in [0.1, 0.15) is 0 Å². The average Bonchev–Trinajstić information content (AvgIpc) is 2.79. The van der Waals surface area contributed by atoms with E-state index in [1.807, 2.05) is 54.6 Å². The van der Waals surface area contributed by atoms with Crippen LogP contribution in [0, 0.1) is 11.3 Å². The first-order chi connectivity index (χ1) is 15.3. The normalized spacial score (nSPS) is 15.8. The summed E-state index contributed by atoms with van der Waals surface area (Å²) in [5, 5.41) is 0.787. The minimum absolute atomic E-state index is 0.138. The molecule has 1 aliphatic carbocycles. The Balaban J connectivity index is 1.63. The van der Waals surface area contributed by atoms with Crippen molar-refractivity contribution >= 4 is 28.5 Å². The van der Waals surface area contributed by atoms with Crippen molar-refractivity contribution in [2.75, 3.05) is 18.6 Å². The number of fused-ring (bicyclic) bond motifs is 2. The molecule has 0 bridgehead atoms. The molecular weight excluding hydrogens is 400 g/mol. The van der Waals surface area contributed by atoms with Gasteiger partial charge in [0.25, 0.3) is 5.91 Å². The second-order valence-corrected chi connectivity index (χ2v) is 9.60. The lowest BCUT2D eigenvalue weighted by Crippen LogP contribution is -2.32. The average molecular weight is 431 g/mol. The maximum atomic E-state index is 13.3. The lowest BCUT2D eigenvalue weighted by atomic mass is 9.70. The number of rotatable bonds is 4. The van der Waals surface area contributed by atoms with E-state index in [9.17, 15) is 9.59 Å². The number of carbonyl (C=O) groups is 2. The third kappa shape index (κ3) is 4.38. The van der Waals surface area contributed by atoms with Gasteiger partial charge in [-0.15, -0.1) is 0 Å². The van der Waals surface area contributed by atoms with Crippen LogP contribution in [-0.2, 0) is 22.4 Å². The molecule has 1 amide bonds. The number of likely N-dealkylation sites (N-methyl/N-ethyl adjacent to an activating group) is 1. The van der Waals surface area contributed by atoms with Crippen molar-refractivity contribution in [1.29, 1.82) is 0 Å². The van der Waals surface area contributed by atoms with E-state index in [0.717, 1.165) is 47.1 Å². The van der Waals surface area contributed by atoms with Gasteiger partial charge in [-0.2, -0.15) is 0 Å². The zero-order chi connectivity index (χ0) is 22.9. The third-order valence-electron chi connectivity index (χ3n) is 6.53. The van der Waals surface area contributed by atoms with E-state index in [1.54, 1.807) is 7.05 Å². The Morgan fingerprint density at radius 1 is 1.06 bits per heavy atom. The van der Waals surface area contributed by atoms with Gasteiger partial charge in [0.2, 0.25) is 0 Å². The van der Waals surface area contributed by atoms with Gasteiger partial charge in [0.05, 0.1) is 11.1 Å². The summed E-state index contributed by atoms with van der Waals surface area (Å²) in [6.07, 6.45) is 2.69. The first kappa shape index (κ1) is 22.0. The number of aryl methyl sites for hydroxylation is 1. The monoisotopic (exact) mass is 430 g/mol. The Hall–Kier alpha value is -3.21. The summed E-state index contributed by atoms with van der Waals surface area (Å²) in [7, 11) is 1.68. The highest BCUT2D eigenvalue weighted by molar-refractivity contribution is 6.06. The van der Waals surface area contributed by atoms with E-state index in [2.05, 4.69) is 20.8 Å². The second kappa shape index (κ2) is 8.73. The summed E-state index contributed by atoms with van der Waals surface area (Å²) in [4.78, 5) is 32.3. The Bertz CT molecular complexity index is 1150. The first-order valence-corrected chi connectivity index (χ1v) is 11.1. The number of benzene rings is 2. The molecule has 0 N–H and O–H groups in total. The summed E-state index contributed by atoms with van der Waals surface area (Å²) in [6.45, 7) is 6.42. The number of anilines is 1. The van der Waals surface area contributed by atoms with Crippen molar-refractivity contribution in [2.45, 2.75) is 40.0 Å². The van der Waals surface area contributed by atoms with Crippen LogP contribution < -0.4 is 4.90 Å². The fraction of sp³-hybridized carbons (Fsp3) is 0.370. The molecule has 4 rings (SSSR count). The fourth-order valence-electron chi connectivity index (χ4n) is 4.45. The molecule has 5 heteroatoms. The maximum Gasteiger partial charge on any atom is 0.339 e. The Morgan fingerprint density at radius 3 is 2.47 bits per heavy atom. The lowest BCUT2D eigenvalue weighted by Gasteiger charge is -2.35. The maximum absolute atomic E-state index is 13.3. The molecule has 1 aliphatic rings. The van der Waals surface area contributed by atoms with E-state index in [1.165, 1.54) is 4.90 Å². The van der Waals surface area contributed by atoms with Crippen molar-refractivity contribution in [2.24, 2.45) is 11.3 Å². The quantitative estimate of drug-likeness (QED) is 0.534. The zero-order valence-electron chi connectivity index (χ0n) is 19.2. The van der Waals surface area contributed by atoms with Crippen molar-refractivity contribution in [3.63, 3.8) is 0 Å². The number of esters is 1. The predicted molar refractivity (Wildman–Crippen MR) is 127 cm³/mol. The van der Waals surface area contributed by atoms with Crippen LogP contribution in [-0.4, -0.2) is 30.5 Å². The topological polar surface area (TPSA) is 59.5 Å². The van der Waals surface area contributed by atoms with Crippen LogP contribution >= 0.6 is 0 Å². The van der Waals surface area contributed by atoms with E-state index in [-0.39, 0.29) is 17.9 Å². The molecule has 3 aromatic rings. The van der Waals surface area contributed by atoms with Crippen molar-refractivity contribution < 1.29 is 14.3 Å². The van der Waals surface area contributed by atoms with Crippen LogP contribution in [0.1, 0.15) is 48.8 Å². The number of amides is 1. The number of nitrogens with zero attached hydrogens (tertiary/aromatic N) is 2. The van der Waals surface area contributed by atoms with Gasteiger partial charge >= 0.3 is 5.97 Å². The smallest absolute Gasteiger partial charge is 0.339 e. The van der Waals surface area contributed by atoms with Crippen LogP contribution in [0.5, 0.6) is 0 Å². The molecule has 0 aliphatic heterocycles. The molecule has 0 saturated heterocycles. The largest absolute Gasteiger partial charge is 0.452 e. The standard InChI is InChI=1S/C27H30N2O3/c1-27(2,3)18-14-15-23-21(16-18)25(20-12-8-9-13-22(20)28-23)26(31)32-17-24(30)29(4)19-10-6-5-7-11-19/h5-13,18H,14-17H2,1-4H3. The Morgan fingerprint density at radius 2 is 1.75 bits per heavy atom. The second-order valence-electron chi connectivity index (χ2n) is 9.60. The third-order valence-corrected chi connectivity index (χ3v) is 6.53. The summed E-state index contributed by atoms with van der Waals surface area (Å²) in [5.41, 5.74) is 4.20. The molecule has 1 unspecified atom stereocenters. The van der Waals surface area contributed by atoms with Crippen LogP contribution in [0.25, 0.3) is 10.9 Å². The SMILES string of the molecule is CN(C(=O)COC(=O)c1c2c(nc3ccccc13)CCC(C(C)(C)C)C2)c1ccccc1. The fourth-order valence-corrected chi connectivity index (χ4v) is 4.45. The van der Waals surface area contributed by atoms with E-state index >= 15 is 0 Å². The van der Waals surface area contributed by atoms with Gasteiger partial charge in [-0.3, -0.25) is 9.78 Å². The van der Waals surface area contributed by atoms with Crippen LogP contribution in [0.4, 0.5) is 5.69 Å². The lowest BCUT2D eigenvalue weighted by molar-refractivity contribution is -0.121. The zero-order valence-corrected chi connectivity index (χ0v) is 19.2. The Labute approximate surface area is 189 Å². The molecule has 1 atom stereocenters. The molecule has 0 saturated carbocycles. The summed E-state index contributed by atoms with van der Waals surface area (Å²) < 4.78 is 5.57. The van der Waals surface area contributed by atoms with Crippen LogP contribution in [0.2, 0.25) is 0 Å². The minimum Gasteiger partial charge on any atom is -0.452 e.